The van der Waals surface area contributed by atoms with Gasteiger partial charge in [0.05, 0.1) is 24.4 Å². The zero-order chi connectivity index (χ0) is 24.8. The first-order valence-electron chi connectivity index (χ1n) is 12.5. The van der Waals surface area contributed by atoms with Crippen LogP contribution in [-0.4, -0.2) is 58.0 Å². The largest absolute Gasteiger partial charge is 0.396 e. The molecule has 2 saturated heterocycles. The number of aliphatic hydroxyl groups excluding tert-OH is 3. The smallest absolute Gasteiger partial charge is 0.241 e. The number of carbonyl (C=O) groups excluding carboxylic acids is 1. The van der Waals surface area contributed by atoms with Crippen LogP contribution in [0.1, 0.15) is 73.1 Å². The van der Waals surface area contributed by atoms with Gasteiger partial charge in [-0.05, 0) is 44.4 Å². The Hall–Kier alpha value is -1.25. The Balaban J connectivity index is 2.01. The third-order valence-electron chi connectivity index (χ3n) is 7.77. The average Bonchev–Trinajstić information content (AvgIpc) is 2.76. The van der Waals surface area contributed by atoms with Crippen molar-refractivity contribution < 1.29 is 29.6 Å². The molecule has 0 saturated carbocycles. The lowest BCUT2D eigenvalue weighted by Crippen LogP contribution is -2.62. The van der Waals surface area contributed by atoms with Gasteiger partial charge in [-0.3, -0.25) is 4.79 Å². The molecule has 0 aromatic rings. The van der Waals surface area contributed by atoms with Crippen LogP contribution < -0.4 is 5.73 Å². The van der Waals surface area contributed by atoms with Crippen LogP contribution in [0, 0.1) is 23.7 Å². The number of amides is 1. The summed E-state index contributed by atoms with van der Waals surface area (Å²) in [6, 6.07) is 0. The van der Waals surface area contributed by atoms with Crippen molar-refractivity contribution in [1.82, 2.24) is 0 Å². The van der Waals surface area contributed by atoms with E-state index in [0.29, 0.717) is 12.8 Å². The summed E-state index contributed by atoms with van der Waals surface area (Å²) in [7, 11) is 0. The van der Waals surface area contributed by atoms with Crippen LogP contribution in [0.5, 0.6) is 0 Å². The number of carbonyl (C=O) groups is 1. The van der Waals surface area contributed by atoms with Crippen LogP contribution >= 0.6 is 0 Å². The zero-order valence-electron chi connectivity index (χ0n) is 20.9. The van der Waals surface area contributed by atoms with Gasteiger partial charge in [-0.25, -0.2) is 0 Å². The monoisotopic (exact) mass is 467 g/mol. The molecule has 33 heavy (non-hydrogen) atoms. The fourth-order valence-electron chi connectivity index (χ4n) is 5.11. The van der Waals surface area contributed by atoms with Gasteiger partial charge in [-0.1, -0.05) is 45.4 Å². The highest BCUT2D eigenvalue weighted by atomic mass is 16.7. The number of primary amides is 1. The Kier molecular flexibility index (Phi) is 10.6. The second-order valence-electron chi connectivity index (χ2n) is 10.2. The molecule has 7 nitrogen and oxygen atoms in total. The molecule has 0 aromatic heterocycles. The number of nitrogens with two attached hydrogens (primary N) is 1. The van der Waals surface area contributed by atoms with Crippen LogP contribution in [0.4, 0.5) is 0 Å². The van der Waals surface area contributed by atoms with Gasteiger partial charge in [0.15, 0.2) is 5.79 Å². The predicted octanol–water partition coefficient (Wildman–Crippen LogP) is 3.07. The number of ether oxygens (including phenoxy) is 2. The Labute approximate surface area is 199 Å². The van der Waals surface area contributed by atoms with Crippen LogP contribution in [-0.2, 0) is 14.3 Å². The summed E-state index contributed by atoms with van der Waals surface area (Å²) >= 11 is 0. The summed E-state index contributed by atoms with van der Waals surface area (Å²) in [4.78, 5) is 10.9. The molecule has 2 heterocycles. The molecule has 1 spiro atoms. The topological polar surface area (TPSA) is 122 Å². The van der Waals surface area contributed by atoms with Crippen molar-refractivity contribution in [1.29, 1.82) is 0 Å². The van der Waals surface area contributed by atoms with Crippen molar-refractivity contribution in [2.24, 2.45) is 29.4 Å². The molecule has 2 aliphatic rings. The minimum absolute atomic E-state index is 0.0130. The first-order valence-corrected chi connectivity index (χ1v) is 12.5. The second kappa shape index (κ2) is 12.5. The lowest BCUT2D eigenvalue weighted by Gasteiger charge is -2.54. The molecule has 1 amide bonds. The summed E-state index contributed by atoms with van der Waals surface area (Å²) < 4.78 is 12.8. The first-order chi connectivity index (χ1) is 15.5. The zero-order valence-corrected chi connectivity index (χ0v) is 20.9. The third kappa shape index (κ3) is 7.36. The van der Waals surface area contributed by atoms with Crippen LogP contribution in [0.25, 0.3) is 0 Å². The van der Waals surface area contributed by atoms with E-state index >= 15 is 0 Å². The maximum atomic E-state index is 10.9. The number of allylic oxidation sites excluding steroid dienone is 3. The van der Waals surface area contributed by atoms with E-state index < -0.39 is 23.9 Å². The lowest BCUT2D eigenvalue weighted by atomic mass is 9.76. The van der Waals surface area contributed by atoms with Crippen molar-refractivity contribution in [2.75, 3.05) is 6.61 Å². The van der Waals surface area contributed by atoms with Gasteiger partial charge >= 0.3 is 0 Å². The lowest BCUT2D eigenvalue weighted by molar-refractivity contribution is -0.373. The molecule has 9 atom stereocenters. The molecule has 0 radical (unpaired) electrons. The Morgan fingerprint density at radius 1 is 1.18 bits per heavy atom. The highest BCUT2D eigenvalue weighted by molar-refractivity contribution is 5.86. The fourth-order valence-corrected chi connectivity index (χ4v) is 5.11. The first kappa shape index (κ1) is 28.0. The molecule has 190 valence electrons. The van der Waals surface area contributed by atoms with E-state index in [9.17, 15) is 20.1 Å². The van der Waals surface area contributed by atoms with E-state index in [1.807, 2.05) is 27.7 Å². The Morgan fingerprint density at radius 3 is 2.45 bits per heavy atom. The van der Waals surface area contributed by atoms with Crippen molar-refractivity contribution in [3.8, 4) is 0 Å². The van der Waals surface area contributed by atoms with Gasteiger partial charge in [0.1, 0.15) is 0 Å². The highest BCUT2D eigenvalue weighted by Gasteiger charge is 2.54. The van der Waals surface area contributed by atoms with E-state index in [2.05, 4.69) is 13.0 Å². The number of hydrogen-bond acceptors (Lipinski definition) is 6. The van der Waals surface area contributed by atoms with Crippen LogP contribution in [0.2, 0.25) is 0 Å². The minimum atomic E-state index is -0.984. The van der Waals surface area contributed by atoms with E-state index in [1.54, 1.807) is 6.08 Å². The number of hydrogen-bond donors (Lipinski definition) is 4. The standard InChI is InChI=1S/C26H45NO6/c1-6-20(10-11-25(27)31)8-7-9-21(15-28)12-16(2)24-13-22(29)18(4)26(33-24)14-23(30)17(3)19(5)32-26/h8,10-11,16-19,21-24,28-30H,6-7,9,12-15H2,1-5H3,(H2,27,31)/b11-10+,20-8+/t16-,17+,18-,19+,21?,22-,23+,24+,26-/m0/s1. The van der Waals surface area contributed by atoms with Gasteiger partial charge in [0, 0.05) is 37.4 Å². The van der Waals surface area contributed by atoms with Crippen molar-refractivity contribution >= 4 is 5.91 Å². The van der Waals surface area contributed by atoms with Crippen molar-refractivity contribution in [2.45, 2.75) is 103 Å². The average molecular weight is 468 g/mol. The van der Waals surface area contributed by atoms with E-state index in [0.717, 1.165) is 31.3 Å². The molecular weight excluding hydrogens is 422 g/mol. The maximum absolute atomic E-state index is 10.9. The van der Waals surface area contributed by atoms with Crippen molar-refractivity contribution in [3.05, 3.63) is 23.8 Å². The molecule has 7 heteroatoms. The quantitative estimate of drug-likeness (QED) is 0.289. The minimum Gasteiger partial charge on any atom is -0.396 e. The van der Waals surface area contributed by atoms with Gasteiger partial charge in [-0.15, -0.1) is 0 Å². The molecular formula is C26H45NO6. The molecule has 2 rings (SSSR count). The van der Waals surface area contributed by atoms with Crippen LogP contribution in [0.3, 0.4) is 0 Å². The third-order valence-corrected chi connectivity index (χ3v) is 7.77. The van der Waals surface area contributed by atoms with E-state index in [1.165, 1.54) is 6.08 Å². The van der Waals surface area contributed by atoms with Gasteiger partial charge in [-0.2, -0.15) is 0 Å². The molecule has 1 unspecified atom stereocenters. The SMILES string of the molecule is CCC(/C=C/C(N)=O)=C\CCC(CO)C[C@H](C)[C@H]1C[C@H](O)[C@H](C)[C@]2(C[C@@H](O)[C@H](C)[C@@H](C)O2)O1. The molecule has 0 bridgehead atoms. The van der Waals surface area contributed by atoms with Gasteiger partial charge in [0.25, 0.3) is 0 Å². The fraction of sp³-hybridized carbons (Fsp3) is 0.808. The van der Waals surface area contributed by atoms with E-state index in [-0.39, 0.29) is 42.5 Å². The summed E-state index contributed by atoms with van der Waals surface area (Å²) in [5, 5.41) is 31.4. The normalized spacial score (nSPS) is 37.4. The molecule has 5 N–H and O–H groups in total. The maximum Gasteiger partial charge on any atom is 0.241 e. The highest BCUT2D eigenvalue weighted by Crippen LogP contribution is 2.46. The van der Waals surface area contributed by atoms with Crippen LogP contribution in [0.15, 0.2) is 23.8 Å². The summed E-state index contributed by atoms with van der Waals surface area (Å²) in [6.07, 6.45) is 7.78. The molecule has 2 fully saturated rings. The van der Waals surface area contributed by atoms with Crippen molar-refractivity contribution in [3.63, 3.8) is 0 Å². The number of rotatable bonds is 10. The van der Waals surface area contributed by atoms with E-state index in [4.69, 9.17) is 15.2 Å². The molecule has 0 aromatic carbocycles. The Bertz CT molecular complexity index is 680. The number of aliphatic hydroxyl groups is 3. The molecule has 2 aliphatic heterocycles. The predicted molar refractivity (Wildman–Crippen MR) is 128 cm³/mol. The summed E-state index contributed by atoms with van der Waals surface area (Å²) in [6.45, 7) is 10.1. The van der Waals surface area contributed by atoms with Gasteiger partial charge < -0.3 is 30.5 Å². The summed E-state index contributed by atoms with van der Waals surface area (Å²) in [5.74, 6) is -1.45. The van der Waals surface area contributed by atoms with Gasteiger partial charge in [0.2, 0.25) is 5.91 Å². The second-order valence-corrected chi connectivity index (χ2v) is 10.2. The molecule has 0 aliphatic carbocycles. The summed E-state index contributed by atoms with van der Waals surface area (Å²) in [5.41, 5.74) is 6.22. The Morgan fingerprint density at radius 2 is 1.88 bits per heavy atom.